The van der Waals surface area contributed by atoms with Crippen LogP contribution in [-0.4, -0.2) is 0 Å². The summed E-state index contributed by atoms with van der Waals surface area (Å²) in [5.74, 6) is 0. The van der Waals surface area contributed by atoms with Crippen molar-refractivity contribution in [3.05, 3.63) is 187 Å². The fourth-order valence-electron chi connectivity index (χ4n) is 8.35. The fourth-order valence-corrected chi connectivity index (χ4v) is 8.35. The highest BCUT2D eigenvalue weighted by atomic mass is 16.3. The third-order valence-corrected chi connectivity index (χ3v) is 10.9. The summed E-state index contributed by atoms with van der Waals surface area (Å²) in [6.45, 7) is 4.68. The van der Waals surface area contributed by atoms with Gasteiger partial charge in [0.1, 0.15) is 11.2 Å². The molecule has 0 saturated carbocycles. The molecule has 0 fully saturated rings. The zero-order valence-electron chi connectivity index (χ0n) is 28.6. The standard InChI is InChI=1S/C49H35NO/c1-49(2)44-19-11-9-17-38(44)43-30-37(26-28-45(43)49)50(35-23-21-33(22-24-35)32-13-5-3-6-14-32)36-25-27-39-42(29-36)41(34-15-7-4-8-16-34)31-47-48(39)40-18-10-12-20-46(40)51-47/h3-31H,1-2H3. The summed E-state index contributed by atoms with van der Waals surface area (Å²) in [6.07, 6.45) is 0. The van der Waals surface area contributed by atoms with Crippen LogP contribution in [0.1, 0.15) is 25.0 Å². The number of hydrogen-bond acceptors (Lipinski definition) is 2. The fraction of sp³-hybridized carbons (Fsp3) is 0.0612. The van der Waals surface area contributed by atoms with E-state index in [1.54, 1.807) is 0 Å². The monoisotopic (exact) mass is 653 g/mol. The predicted molar refractivity (Wildman–Crippen MR) is 214 cm³/mol. The van der Waals surface area contributed by atoms with Crippen LogP contribution < -0.4 is 4.90 Å². The quantitative estimate of drug-likeness (QED) is 0.184. The molecule has 1 aliphatic carbocycles. The van der Waals surface area contributed by atoms with Gasteiger partial charge in [0.2, 0.25) is 0 Å². The van der Waals surface area contributed by atoms with Crippen LogP contribution in [0.3, 0.4) is 0 Å². The number of anilines is 3. The Labute approximate surface area is 297 Å². The molecule has 0 N–H and O–H groups in total. The van der Waals surface area contributed by atoms with Gasteiger partial charge in [0, 0.05) is 33.2 Å². The Morgan fingerprint density at radius 2 is 1.00 bits per heavy atom. The van der Waals surface area contributed by atoms with Crippen LogP contribution in [0.25, 0.3) is 66.1 Å². The summed E-state index contributed by atoms with van der Waals surface area (Å²) in [6, 6.07) is 63.7. The Balaban J connectivity index is 1.22. The van der Waals surface area contributed by atoms with Gasteiger partial charge in [0.15, 0.2) is 0 Å². The number of para-hydroxylation sites is 1. The molecule has 1 aromatic heterocycles. The lowest BCUT2D eigenvalue weighted by Gasteiger charge is -2.28. The molecule has 8 aromatic carbocycles. The van der Waals surface area contributed by atoms with Crippen molar-refractivity contribution in [2.24, 2.45) is 0 Å². The van der Waals surface area contributed by atoms with Crippen molar-refractivity contribution in [1.29, 1.82) is 0 Å². The van der Waals surface area contributed by atoms with Gasteiger partial charge in [0.05, 0.1) is 0 Å². The number of hydrogen-bond donors (Lipinski definition) is 0. The van der Waals surface area contributed by atoms with Gasteiger partial charge in [-0.05, 0) is 104 Å². The molecular formula is C49H35NO. The second-order valence-electron chi connectivity index (χ2n) is 14.1. The van der Waals surface area contributed by atoms with Crippen LogP contribution in [0.4, 0.5) is 17.1 Å². The normalized spacial score (nSPS) is 13.1. The van der Waals surface area contributed by atoms with Crippen molar-refractivity contribution in [3.63, 3.8) is 0 Å². The number of rotatable bonds is 5. The first kappa shape index (κ1) is 29.5. The van der Waals surface area contributed by atoms with E-state index in [1.165, 1.54) is 44.2 Å². The molecule has 242 valence electrons. The first-order valence-electron chi connectivity index (χ1n) is 17.7. The molecule has 0 radical (unpaired) electrons. The maximum Gasteiger partial charge on any atom is 0.136 e. The molecule has 0 saturated heterocycles. The highest BCUT2D eigenvalue weighted by Gasteiger charge is 2.35. The average molecular weight is 654 g/mol. The van der Waals surface area contributed by atoms with Gasteiger partial charge in [-0.1, -0.05) is 141 Å². The van der Waals surface area contributed by atoms with Gasteiger partial charge >= 0.3 is 0 Å². The zero-order valence-corrected chi connectivity index (χ0v) is 28.6. The molecular weight excluding hydrogens is 619 g/mol. The molecule has 0 aliphatic heterocycles. The molecule has 2 heteroatoms. The van der Waals surface area contributed by atoms with E-state index in [2.05, 4.69) is 189 Å². The largest absolute Gasteiger partial charge is 0.456 e. The molecule has 0 bridgehead atoms. The average Bonchev–Trinajstić information content (AvgIpc) is 3.67. The minimum atomic E-state index is -0.0567. The van der Waals surface area contributed by atoms with E-state index in [9.17, 15) is 0 Å². The van der Waals surface area contributed by atoms with Crippen molar-refractivity contribution in [1.82, 2.24) is 0 Å². The first-order chi connectivity index (χ1) is 25.0. The smallest absolute Gasteiger partial charge is 0.136 e. The molecule has 9 aromatic rings. The van der Waals surface area contributed by atoms with Gasteiger partial charge in [0.25, 0.3) is 0 Å². The molecule has 2 nitrogen and oxygen atoms in total. The summed E-state index contributed by atoms with van der Waals surface area (Å²) in [4.78, 5) is 2.41. The molecule has 0 spiro atoms. The van der Waals surface area contributed by atoms with Crippen LogP contribution in [0.5, 0.6) is 0 Å². The van der Waals surface area contributed by atoms with E-state index in [0.717, 1.165) is 50.1 Å². The van der Waals surface area contributed by atoms with E-state index in [1.807, 2.05) is 6.07 Å². The third kappa shape index (κ3) is 4.64. The minimum absolute atomic E-state index is 0.0567. The van der Waals surface area contributed by atoms with Crippen LogP contribution in [-0.2, 0) is 5.41 Å². The lowest BCUT2D eigenvalue weighted by Crippen LogP contribution is -2.15. The molecule has 1 aliphatic rings. The molecule has 51 heavy (non-hydrogen) atoms. The highest BCUT2D eigenvalue weighted by Crippen LogP contribution is 2.51. The van der Waals surface area contributed by atoms with Crippen molar-refractivity contribution in [2.75, 3.05) is 4.90 Å². The van der Waals surface area contributed by atoms with Crippen molar-refractivity contribution < 1.29 is 4.42 Å². The van der Waals surface area contributed by atoms with Crippen molar-refractivity contribution in [2.45, 2.75) is 19.3 Å². The Bertz CT molecular complexity index is 2760. The minimum Gasteiger partial charge on any atom is -0.456 e. The SMILES string of the molecule is CC1(C)c2ccccc2-c2cc(N(c3ccc(-c4ccccc4)cc3)c3ccc4c(c3)c(-c3ccccc3)cc3oc5ccccc5c34)ccc21. The van der Waals surface area contributed by atoms with Gasteiger partial charge in [-0.2, -0.15) is 0 Å². The summed E-state index contributed by atoms with van der Waals surface area (Å²) < 4.78 is 6.46. The van der Waals surface area contributed by atoms with Crippen molar-refractivity contribution >= 4 is 49.8 Å². The van der Waals surface area contributed by atoms with Gasteiger partial charge in [-0.3, -0.25) is 0 Å². The van der Waals surface area contributed by atoms with E-state index < -0.39 is 0 Å². The lowest BCUT2D eigenvalue weighted by molar-refractivity contribution is 0.660. The zero-order chi connectivity index (χ0) is 34.1. The molecule has 0 unspecified atom stereocenters. The predicted octanol–water partition coefficient (Wildman–Crippen LogP) is 13.8. The Morgan fingerprint density at radius 1 is 0.392 bits per heavy atom. The molecule has 0 amide bonds. The maximum atomic E-state index is 6.46. The van der Waals surface area contributed by atoms with Gasteiger partial charge < -0.3 is 9.32 Å². The summed E-state index contributed by atoms with van der Waals surface area (Å²) >= 11 is 0. The Hall–Kier alpha value is -6.38. The first-order valence-corrected chi connectivity index (χ1v) is 17.7. The van der Waals surface area contributed by atoms with Crippen LogP contribution in [0, 0.1) is 0 Å². The van der Waals surface area contributed by atoms with Gasteiger partial charge in [-0.25, -0.2) is 0 Å². The molecule has 0 atom stereocenters. The highest BCUT2D eigenvalue weighted by molar-refractivity contribution is 6.22. The van der Waals surface area contributed by atoms with E-state index >= 15 is 0 Å². The second kappa shape index (κ2) is 11.3. The third-order valence-electron chi connectivity index (χ3n) is 10.9. The maximum absolute atomic E-state index is 6.46. The second-order valence-corrected chi connectivity index (χ2v) is 14.1. The van der Waals surface area contributed by atoms with Gasteiger partial charge in [-0.15, -0.1) is 0 Å². The Kier molecular flexibility index (Phi) is 6.56. The van der Waals surface area contributed by atoms with Crippen LogP contribution >= 0.6 is 0 Å². The van der Waals surface area contributed by atoms with Crippen molar-refractivity contribution in [3.8, 4) is 33.4 Å². The lowest BCUT2D eigenvalue weighted by atomic mass is 9.82. The van der Waals surface area contributed by atoms with Crippen LogP contribution in [0.15, 0.2) is 180 Å². The number of nitrogens with zero attached hydrogens (tertiary/aromatic N) is 1. The number of benzene rings is 8. The van der Waals surface area contributed by atoms with Crippen LogP contribution in [0.2, 0.25) is 0 Å². The number of furan rings is 1. The van der Waals surface area contributed by atoms with E-state index in [4.69, 9.17) is 4.42 Å². The number of fused-ring (bicyclic) bond motifs is 8. The Morgan fingerprint density at radius 3 is 1.80 bits per heavy atom. The summed E-state index contributed by atoms with van der Waals surface area (Å²) in [5, 5.41) is 4.67. The summed E-state index contributed by atoms with van der Waals surface area (Å²) in [5.41, 5.74) is 15.2. The van der Waals surface area contributed by atoms with E-state index in [0.29, 0.717) is 0 Å². The topological polar surface area (TPSA) is 16.4 Å². The molecule has 10 rings (SSSR count). The molecule has 1 heterocycles. The van der Waals surface area contributed by atoms with E-state index in [-0.39, 0.29) is 5.41 Å². The summed E-state index contributed by atoms with van der Waals surface area (Å²) in [7, 11) is 0.